The lowest BCUT2D eigenvalue weighted by molar-refractivity contribution is -0.141. The zero-order chi connectivity index (χ0) is 15.4. The molecule has 1 aromatic rings. The van der Waals surface area contributed by atoms with Crippen LogP contribution in [0.5, 0.6) is 5.88 Å². The van der Waals surface area contributed by atoms with Crippen molar-refractivity contribution in [3.63, 3.8) is 0 Å². The minimum atomic E-state index is -0.863. The Morgan fingerprint density at radius 2 is 2.33 bits per heavy atom. The van der Waals surface area contributed by atoms with Crippen molar-refractivity contribution >= 4 is 17.7 Å². The van der Waals surface area contributed by atoms with E-state index in [2.05, 4.69) is 10.3 Å². The van der Waals surface area contributed by atoms with Gasteiger partial charge < -0.3 is 20.1 Å². The summed E-state index contributed by atoms with van der Waals surface area (Å²) in [6.45, 7) is 4.82. The molecule has 1 saturated heterocycles. The van der Waals surface area contributed by atoms with Crippen LogP contribution in [0.3, 0.4) is 0 Å². The van der Waals surface area contributed by atoms with Gasteiger partial charge in [-0.25, -0.2) is 9.78 Å². The van der Waals surface area contributed by atoms with Gasteiger partial charge in [0.1, 0.15) is 5.69 Å². The van der Waals surface area contributed by atoms with Crippen LogP contribution in [-0.4, -0.2) is 46.7 Å². The van der Waals surface area contributed by atoms with Gasteiger partial charge in [0.15, 0.2) is 0 Å². The third kappa shape index (κ3) is 3.62. The summed E-state index contributed by atoms with van der Waals surface area (Å²) in [7, 11) is 0. The van der Waals surface area contributed by atoms with Gasteiger partial charge in [0, 0.05) is 19.3 Å². The van der Waals surface area contributed by atoms with E-state index in [1.165, 1.54) is 4.90 Å². The number of amides is 2. The van der Waals surface area contributed by atoms with E-state index in [0.717, 1.165) is 5.56 Å². The molecule has 1 aromatic heterocycles. The van der Waals surface area contributed by atoms with E-state index in [-0.39, 0.29) is 12.6 Å². The molecule has 114 valence electrons. The van der Waals surface area contributed by atoms with E-state index in [9.17, 15) is 9.59 Å². The number of hydrogen-bond acceptors (Lipinski definition) is 4. The topological polar surface area (TPSA) is 91.8 Å². The van der Waals surface area contributed by atoms with Crippen LogP contribution < -0.4 is 10.1 Å². The molecule has 7 nitrogen and oxygen atoms in total. The predicted octanol–water partition coefficient (Wildman–Crippen LogP) is 1.73. The summed E-state index contributed by atoms with van der Waals surface area (Å²) in [5, 5.41) is 11.7. The van der Waals surface area contributed by atoms with Crippen molar-refractivity contribution in [2.45, 2.75) is 20.3 Å². The number of carbonyl (C=O) groups excluding carboxylic acids is 1. The molecule has 2 amide bonds. The second-order valence-electron chi connectivity index (χ2n) is 5.00. The van der Waals surface area contributed by atoms with Gasteiger partial charge in [0.2, 0.25) is 5.88 Å². The van der Waals surface area contributed by atoms with Gasteiger partial charge in [-0.2, -0.15) is 0 Å². The number of aromatic nitrogens is 1. The van der Waals surface area contributed by atoms with Crippen LogP contribution in [0.2, 0.25) is 0 Å². The van der Waals surface area contributed by atoms with Gasteiger partial charge >= 0.3 is 12.0 Å². The number of hydrogen-bond donors (Lipinski definition) is 2. The maximum atomic E-state index is 12.2. The smallest absolute Gasteiger partial charge is 0.322 e. The number of pyridine rings is 1. The predicted molar refractivity (Wildman–Crippen MR) is 76.5 cm³/mol. The summed E-state index contributed by atoms with van der Waals surface area (Å²) in [5.74, 6) is -0.985. The number of ether oxygens (including phenoxy) is 1. The van der Waals surface area contributed by atoms with Crippen LogP contribution >= 0.6 is 0 Å². The van der Waals surface area contributed by atoms with Crippen molar-refractivity contribution < 1.29 is 19.4 Å². The second-order valence-corrected chi connectivity index (χ2v) is 5.00. The number of likely N-dealkylation sites (tertiary alicyclic amines) is 1. The summed E-state index contributed by atoms with van der Waals surface area (Å²) >= 11 is 0. The first-order chi connectivity index (χ1) is 10.0. The van der Waals surface area contributed by atoms with Gasteiger partial charge in [0.05, 0.1) is 12.5 Å². The first-order valence-electron chi connectivity index (χ1n) is 6.89. The SMILES string of the molecule is CCOc1ncc(C)cc1NC(=O)N1CCC(C(=O)O)C1. The molecular formula is C14H19N3O4. The normalized spacial score (nSPS) is 17.6. The third-order valence-corrected chi connectivity index (χ3v) is 3.34. The standard InChI is InChI=1S/C14H19N3O4/c1-3-21-12-11(6-9(2)7-15-12)16-14(20)17-5-4-10(8-17)13(18)19/h6-7,10H,3-5,8H2,1-2H3,(H,16,20)(H,18,19). The fourth-order valence-corrected chi connectivity index (χ4v) is 2.24. The molecule has 2 rings (SSSR count). The molecule has 0 bridgehead atoms. The van der Waals surface area contributed by atoms with Crippen LogP contribution in [0.25, 0.3) is 0 Å². The largest absolute Gasteiger partial charge is 0.481 e. The Morgan fingerprint density at radius 1 is 1.57 bits per heavy atom. The summed E-state index contributed by atoms with van der Waals surface area (Å²) in [6, 6.07) is 1.45. The van der Waals surface area contributed by atoms with Crippen LogP contribution in [0.15, 0.2) is 12.3 Å². The number of aliphatic carboxylic acids is 1. The molecule has 1 unspecified atom stereocenters. The van der Waals surface area contributed by atoms with Gasteiger partial charge in [-0.1, -0.05) is 0 Å². The Morgan fingerprint density at radius 3 is 2.95 bits per heavy atom. The van der Waals surface area contributed by atoms with Gasteiger partial charge in [-0.3, -0.25) is 4.79 Å². The van der Waals surface area contributed by atoms with Crippen molar-refractivity contribution in [2.75, 3.05) is 25.0 Å². The van der Waals surface area contributed by atoms with Crippen molar-refractivity contribution in [3.05, 3.63) is 17.8 Å². The second kappa shape index (κ2) is 6.43. The molecule has 0 saturated carbocycles. The highest BCUT2D eigenvalue weighted by Crippen LogP contribution is 2.24. The van der Waals surface area contributed by atoms with Gasteiger partial charge in [0.25, 0.3) is 0 Å². The number of anilines is 1. The van der Waals surface area contributed by atoms with Crippen molar-refractivity contribution in [1.82, 2.24) is 9.88 Å². The molecule has 1 atom stereocenters. The van der Waals surface area contributed by atoms with Crippen LogP contribution in [-0.2, 0) is 4.79 Å². The van der Waals surface area contributed by atoms with Crippen molar-refractivity contribution in [1.29, 1.82) is 0 Å². The van der Waals surface area contributed by atoms with Gasteiger partial charge in [-0.05, 0) is 31.9 Å². The Balaban J connectivity index is 2.06. The quantitative estimate of drug-likeness (QED) is 0.882. The Labute approximate surface area is 122 Å². The molecule has 2 heterocycles. The molecule has 0 spiro atoms. The molecule has 0 radical (unpaired) electrons. The number of carboxylic acids is 1. The van der Waals surface area contributed by atoms with E-state index in [4.69, 9.17) is 9.84 Å². The third-order valence-electron chi connectivity index (χ3n) is 3.34. The maximum Gasteiger partial charge on any atom is 0.322 e. The molecule has 2 N–H and O–H groups in total. The highest BCUT2D eigenvalue weighted by Gasteiger charge is 2.31. The Kier molecular flexibility index (Phi) is 4.62. The van der Waals surface area contributed by atoms with E-state index in [1.54, 1.807) is 12.3 Å². The number of rotatable bonds is 4. The summed E-state index contributed by atoms with van der Waals surface area (Å²) in [4.78, 5) is 28.8. The minimum Gasteiger partial charge on any atom is -0.481 e. The fraction of sp³-hybridized carbons (Fsp3) is 0.500. The number of carbonyl (C=O) groups is 2. The molecule has 1 aliphatic heterocycles. The van der Waals surface area contributed by atoms with Gasteiger partial charge in [-0.15, -0.1) is 0 Å². The van der Waals surface area contributed by atoms with E-state index >= 15 is 0 Å². The highest BCUT2D eigenvalue weighted by atomic mass is 16.5. The number of urea groups is 1. The van der Waals surface area contributed by atoms with Crippen molar-refractivity contribution in [2.24, 2.45) is 5.92 Å². The lowest BCUT2D eigenvalue weighted by Crippen LogP contribution is -2.34. The van der Waals surface area contributed by atoms with E-state index < -0.39 is 11.9 Å². The monoisotopic (exact) mass is 293 g/mol. The fourth-order valence-electron chi connectivity index (χ4n) is 2.24. The molecular weight excluding hydrogens is 274 g/mol. The lowest BCUT2D eigenvalue weighted by atomic mass is 10.1. The maximum absolute atomic E-state index is 12.2. The summed E-state index contributed by atoms with van der Waals surface area (Å²) in [6.07, 6.45) is 2.14. The van der Waals surface area contributed by atoms with Crippen LogP contribution in [0.1, 0.15) is 18.9 Å². The lowest BCUT2D eigenvalue weighted by Gasteiger charge is -2.18. The average Bonchev–Trinajstić information content (AvgIpc) is 2.92. The number of nitrogens with zero attached hydrogens (tertiary/aromatic N) is 2. The van der Waals surface area contributed by atoms with Crippen molar-refractivity contribution in [3.8, 4) is 5.88 Å². The molecule has 1 fully saturated rings. The molecule has 0 aliphatic carbocycles. The van der Waals surface area contributed by atoms with E-state index in [1.807, 2.05) is 13.8 Å². The zero-order valence-corrected chi connectivity index (χ0v) is 12.1. The number of aryl methyl sites for hydroxylation is 1. The highest BCUT2D eigenvalue weighted by molar-refractivity contribution is 5.91. The summed E-state index contributed by atoms with van der Waals surface area (Å²) < 4.78 is 5.38. The Bertz CT molecular complexity index is 547. The zero-order valence-electron chi connectivity index (χ0n) is 12.1. The number of nitrogens with one attached hydrogen (secondary N) is 1. The van der Waals surface area contributed by atoms with Crippen LogP contribution in [0, 0.1) is 12.8 Å². The Hall–Kier alpha value is -2.31. The van der Waals surface area contributed by atoms with E-state index in [0.29, 0.717) is 31.1 Å². The molecule has 7 heteroatoms. The average molecular weight is 293 g/mol. The minimum absolute atomic E-state index is 0.227. The summed E-state index contributed by atoms with van der Waals surface area (Å²) in [5.41, 5.74) is 1.40. The first kappa shape index (κ1) is 15.1. The molecule has 0 aromatic carbocycles. The van der Waals surface area contributed by atoms with Crippen LogP contribution in [0.4, 0.5) is 10.5 Å². The molecule has 1 aliphatic rings. The number of carboxylic acid groups (broad SMARTS) is 1. The first-order valence-corrected chi connectivity index (χ1v) is 6.89. The molecule has 21 heavy (non-hydrogen) atoms.